The summed E-state index contributed by atoms with van der Waals surface area (Å²) in [6, 6.07) is 9.09. The van der Waals surface area contributed by atoms with Gasteiger partial charge in [0.05, 0.1) is 12.2 Å². The van der Waals surface area contributed by atoms with Gasteiger partial charge in [-0.05, 0) is 30.5 Å². The first-order valence-corrected chi connectivity index (χ1v) is 7.45. The fourth-order valence-corrected chi connectivity index (χ4v) is 2.48. The molecule has 2 aromatic rings. The van der Waals surface area contributed by atoms with Gasteiger partial charge in [0.2, 0.25) is 0 Å². The number of nitrogens with one attached hydrogen (secondary N) is 1. The van der Waals surface area contributed by atoms with E-state index in [9.17, 15) is 0 Å². The van der Waals surface area contributed by atoms with E-state index in [4.69, 9.17) is 0 Å². The van der Waals surface area contributed by atoms with Crippen molar-refractivity contribution in [3.8, 4) is 0 Å². The van der Waals surface area contributed by atoms with Crippen molar-refractivity contribution in [1.82, 2.24) is 15.1 Å². The first-order valence-electron chi connectivity index (χ1n) is 7.45. The minimum absolute atomic E-state index is 0.210. The molecule has 1 unspecified atom stereocenters. The predicted octanol–water partition coefficient (Wildman–Crippen LogP) is 3.73. The number of nitrogens with zero attached hydrogens (tertiary/aromatic N) is 2. The standard InChI is InChI=1S/C17H25N3/c1-5-10-20-12-16(11-19-20)17(18-4)15-8-6-14(7-9-15)13(2)3/h6-9,11-13,17-18H,5,10H2,1-4H3. The molecule has 0 aliphatic rings. The Morgan fingerprint density at radius 1 is 1.10 bits per heavy atom. The normalized spacial score (nSPS) is 12.8. The second kappa shape index (κ2) is 6.71. The van der Waals surface area contributed by atoms with Gasteiger partial charge in [-0.1, -0.05) is 45.0 Å². The third-order valence-corrected chi connectivity index (χ3v) is 3.66. The average Bonchev–Trinajstić information content (AvgIpc) is 2.89. The maximum absolute atomic E-state index is 4.42. The molecular weight excluding hydrogens is 246 g/mol. The molecule has 0 bridgehead atoms. The molecule has 1 heterocycles. The highest BCUT2D eigenvalue weighted by atomic mass is 15.3. The lowest BCUT2D eigenvalue weighted by molar-refractivity contribution is 0.600. The lowest BCUT2D eigenvalue weighted by Gasteiger charge is -2.16. The van der Waals surface area contributed by atoms with E-state index in [0.29, 0.717) is 5.92 Å². The minimum atomic E-state index is 0.210. The molecule has 0 fully saturated rings. The molecule has 0 spiro atoms. The Bertz CT molecular complexity index is 525. The Balaban J connectivity index is 2.22. The summed E-state index contributed by atoms with van der Waals surface area (Å²) < 4.78 is 2.02. The molecule has 1 atom stereocenters. The highest BCUT2D eigenvalue weighted by Gasteiger charge is 2.14. The molecule has 0 saturated heterocycles. The zero-order valence-corrected chi connectivity index (χ0v) is 12.9. The van der Waals surface area contributed by atoms with Crippen molar-refractivity contribution in [2.24, 2.45) is 0 Å². The quantitative estimate of drug-likeness (QED) is 0.867. The first-order chi connectivity index (χ1) is 9.65. The molecule has 0 saturated carbocycles. The van der Waals surface area contributed by atoms with Crippen molar-refractivity contribution < 1.29 is 0 Å². The van der Waals surface area contributed by atoms with Crippen LogP contribution < -0.4 is 5.32 Å². The van der Waals surface area contributed by atoms with Crippen LogP contribution in [-0.4, -0.2) is 16.8 Å². The molecule has 0 radical (unpaired) electrons. The summed E-state index contributed by atoms with van der Waals surface area (Å²) in [6.45, 7) is 7.59. The van der Waals surface area contributed by atoms with Gasteiger partial charge >= 0.3 is 0 Å². The van der Waals surface area contributed by atoms with Crippen molar-refractivity contribution in [3.05, 3.63) is 53.3 Å². The summed E-state index contributed by atoms with van der Waals surface area (Å²) in [6.07, 6.45) is 5.21. The summed E-state index contributed by atoms with van der Waals surface area (Å²) in [4.78, 5) is 0. The van der Waals surface area contributed by atoms with Crippen LogP contribution in [0.2, 0.25) is 0 Å². The Hall–Kier alpha value is -1.61. The predicted molar refractivity (Wildman–Crippen MR) is 84.0 cm³/mol. The molecule has 1 aromatic carbocycles. The van der Waals surface area contributed by atoms with Crippen LogP contribution in [-0.2, 0) is 6.54 Å². The number of aryl methyl sites for hydroxylation is 1. The smallest absolute Gasteiger partial charge is 0.0605 e. The maximum Gasteiger partial charge on any atom is 0.0605 e. The topological polar surface area (TPSA) is 29.9 Å². The molecule has 108 valence electrons. The van der Waals surface area contributed by atoms with Gasteiger partial charge in [0.15, 0.2) is 0 Å². The number of hydrogen-bond acceptors (Lipinski definition) is 2. The Morgan fingerprint density at radius 3 is 2.30 bits per heavy atom. The molecule has 3 nitrogen and oxygen atoms in total. The van der Waals surface area contributed by atoms with E-state index in [1.54, 1.807) is 0 Å². The largest absolute Gasteiger partial charge is 0.309 e. The van der Waals surface area contributed by atoms with E-state index in [0.717, 1.165) is 13.0 Å². The molecule has 20 heavy (non-hydrogen) atoms. The summed E-state index contributed by atoms with van der Waals surface area (Å²) in [5.74, 6) is 0.574. The molecule has 0 amide bonds. The summed E-state index contributed by atoms with van der Waals surface area (Å²) in [7, 11) is 2.00. The van der Waals surface area contributed by atoms with Gasteiger partial charge in [-0.2, -0.15) is 5.10 Å². The zero-order valence-electron chi connectivity index (χ0n) is 12.9. The zero-order chi connectivity index (χ0) is 14.5. The molecule has 0 aliphatic heterocycles. The third-order valence-electron chi connectivity index (χ3n) is 3.66. The van der Waals surface area contributed by atoms with Gasteiger partial charge < -0.3 is 5.32 Å². The van der Waals surface area contributed by atoms with Crippen LogP contribution in [0, 0.1) is 0 Å². The highest BCUT2D eigenvalue weighted by molar-refractivity contribution is 5.32. The van der Waals surface area contributed by atoms with Gasteiger partial charge in [0, 0.05) is 18.3 Å². The maximum atomic E-state index is 4.42. The average molecular weight is 271 g/mol. The van der Waals surface area contributed by atoms with Crippen LogP contribution >= 0.6 is 0 Å². The molecule has 1 aromatic heterocycles. The van der Waals surface area contributed by atoms with Crippen LogP contribution in [0.3, 0.4) is 0 Å². The SMILES string of the molecule is CCCn1cc(C(NC)c2ccc(C(C)C)cc2)cn1. The van der Waals surface area contributed by atoms with E-state index in [-0.39, 0.29) is 6.04 Å². The van der Waals surface area contributed by atoms with Crippen molar-refractivity contribution in [1.29, 1.82) is 0 Å². The van der Waals surface area contributed by atoms with Crippen LogP contribution in [0.15, 0.2) is 36.7 Å². The van der Waals surface area contributed by atoms with Gasteiger partial charge in [0.25, 0.3) is 0 Å². The van der Waals surface area contributed by atoms with Crippen LogP contribution in [0.1, 0.15) is 55.8 Å². The van der Waals surface area contributed by atoms with Gasteiger partial charge in [-0.25, -0.2) is 0 Å². The number of benzene rings is 1. The van der Waals surface area contributed by atoms with Crippen molar-refractivity contribution in [3.63, 3.8) is 0 Å². The Morgan fingerprint density at radius 2 is 1.75 bits per heavy atom. The molecule has 0 aliphatic carbocycles. The van der Waals surface area contributed by atoms with Gasteiger partial charge in [-0.3, -0.25) is 4.68 Å². The Kier molecular flexibility index (Phi) is 4.96. The van der Waals surface area contributed by atoms with E-state index >= 15 is 0 Å². The van der Waals surface area contributed by atoms with Crippen molar-refractivity contribution in [2.75, 3.05) is 7.05 Å². The Labute approximate surface area is 122 Å². The lowest BCUT2D eigenvalue weighted by atomic mass is 9.97. The number of rotatable bonds is 6. The van der Waals surface area contributed by atoms with E-state index in [1.807, 2.05) is 17.9 Å². The van der Waals surface area contributed by atoms with Crippen LogP contribution in [0.5, 0.6) is 0 Å². The second-order valence-corrected chi connectivity index (χ2v) is 5.58. The fraction of sp³-hybridized carbons (Fsp3) is 0.471. The van der Waals surface area contributed by atoms with Gasteiger partial charge in [-0.15, -0.1) is 0 Å². The van der Waals surface area contributed by atoms with E-state index in [1.165, 1.54) is 16.7 Å². The van der Waals surface area contributed by atoms with E-state index < -0.39 is 0 Å². The fourth-order valence-electron chi connectivity index (χ4n) is 2.48. The van der Waals surface area contributed by atoms with E-state index in [2.05, 4.69) is 61.6 Å². The molecule has 1 N–H and O–H groups in total. The minimum Gasteiger partial charge on any atom is -0.309 e. The summed E-state index contributed by atoms with van der Waals surface area (Å²) >= 11 is 0. The third kappa shape index (κ3) is 3.28. The molecule has 3 heteroatoms. The van der Waals surface area contributed by atoms with Crippen LogP contribution in [0.4, 0.5) is 0 Å². The summed E-state index contributed by atoms with van der Waals surface area (Å²) in [5, 5.41) is 7.81. The van der Waals surface area contributed by atoms with Crippen molar-refractivity contribution >= 4 is 0 Å². The summed E-state index contributed by atoms with van der Waals surface area (Å²) in [5.41, 5.74) is 3.89. The molecular formula is C17H25N3. The number of hydrogen-bond donors (Lipinski definition) is 1. The van der Waals surface area contributed by atoms with Crippen molar-refractivity contribution in [2.45, 2.75) is 45.7 Å². The number of aromatic nitrogens is 2. The monoisotopic (exact) mass is 271 g/mol. The van der Waals surface area contributed by atoms with Crippen LogP contribution in [0.25, 0.3) is 0 Å². The highest BCUT2D eigenvalue weighted by Crippen LogP contribution is 2.23. The first kappa shape index (κ1) is 14.8. The second-order valence-electron chi connectivity index (χ2n) is 5.58. The van der Waals surface area contributed by atoms with Gasteiger partial charge in [0.1, 0.15) is 0 Å². The molecule has 2 rings (SSSR count). The lowest BCUT2D eigenvalue weighted by Crippen LogP contribution is -2.17.